The van der Waals surface area contributed by atoms with E-state index < -0.39 is 0 Å². The first-order valence-electron chi connectivity index (χ1n) is 4.83. The highest BCUT2D eigenvalue weighted by Crippen LogP contribution is 2.28. The lowest BCUT2D eigenvalue weighted by molar-refractivity contribution is 1.11. The second-order valence-electron chi connectivity index (χ2n) is 3.48. The Morgan fingerprint density at radius 1 is 1.00 bits per heavy atom. The van der Waals surface area contributed by atoms with Gasteiger partial charge >= 0.3 is 0 Å². The lowest BCUT2D eigenvalue weighted by Gasteiger charge is -2.09. The molecule has 0 aromatic heterocycles. The lowest BCUT2D eigenvalue weighted by Crippen LogP contribution is -1.86. The number of thioether (sulfide) groups is 1. The van der Waals surface area contributed by atoms with Gasteiger partial charge in [-0.2, -0.15) is 11.8 Å². The Morgan fingerprint density at radius 3 is 2.43 bits per heavy atom. The van der Waals surface area contributed by atoms with Gasteiger partial charge in [-0.05, 0) is 29.5 Å². The number of hydrogen-bond acceptors (Lipinski definition) is 1. The van der Waals surface area contributed by atoms with Gasteiger partial charge in [-0.1, -0.05) is 42.5 Å². The SMILES string of the molecule is CSC(C)c1ccc2ccccc2c1. The van der Waals surface area contributed by atoms with Crippen molar-refractivity contribution in [2.75, 3.05) is 6.26 Å². The van der Waals surface area contributed by atoms with Gasteiger partial charge in [0.1, 0.15) is 0 Å². The third-order valence-corrected chi connectivity index (χ3v) is 3.58. The summed E-state index contributed by atoms with van der Waals surface area (Å²) in [7, 11) is 0. The first kappa shape index (κ1) is 9.60. The highest BCUT2D eigenvalue weighted by atomic mass is 32.2. The predicted octanol–water partition coefficient (Wildman–Crippen LogP) is 4.26. The quantitative estimate of drug-likeness (QED) is 0.701. The first-order chi connectivity index (χ1) is 6.81. The fourth-order valence-corrected chi connectivity index (χ4v) is 2.02. The fourth-order valence-electron chi connectivity index (χ4n) is 1.60. The molecule has 0 heterocycles. The average molecular weight is 202 g/mol. The second-order valence-corrected chi connectivity index (χ2v) is 4.66. The second kappa shape index (κ2) is 4.05. The van der Waals surface area contributed by atoms with Crippen LogP contribution in [0, 0.1) is 0 Å². The molecular formula is C13H14S. The van der Waals surface area contributed by atoms with Crippen molar-refractivity contribution in [3.63, 3.8) is 0 Å². The van der Waals surface area contributed by atoms with Gasteiger partial charge in [-0.3, -0.25) is 0 Å². The van der Waals surface area contributed by atoms with Crippen molar-refractivity contribution in [2.24, 2.45) is 0 Å². The van der Waals surface area contributed by atoms with Gasteiger partial charge in [0.25, 0.3) is 0 Å². The third kappa shape index (κ3) is 1.78. The summed E-state index contributed by atoms with van der Waals surface area (Å²) >= 11 is 1.89. The maximum atomic E-state index is 2.29. The minimum absolute atomic E-state index is 0.583. The molecule has 0 aliphatic rings. The Balaban J connectivity index is 2.51. The molecule has 0 radical (unpaired) electrons. The van der Waals surface area contributed by atoms with Crippen molar-refractivity contribution in [1.82, 2.24) is 0 Å². The molecule has 0 saturated heterocycles. The van der Waals surface area contributed by atoms with Crippen LogP contribution in [0.25, 0.3) is 10.8 Å². The van der Waals surface area contributed by atoms with Gasteiger partial charge in [0.2, 0.25) is 0 Å². The summed E-state index contributed by atoms with van der Waals surface area (Å²) in [5.74, 6) is 0. The lowest BCUT2D eigenvalue weighted by atomic mass is 10.1. The minimum Gasteiger partial charge on any atom is -0.158 e. The van der Waals surface area contributed by atoms with E-state index in [1.165, 1.54) is 16.3 Å². The Morgan fingerprint density at radius 2 is 1.71 bits per heavy atom. The van der Waals surface area contributed by atoms with Gasteiger partial charge in [0.15, 0.2) is 0 Å². The summed E-state index contributed by atoms with van der Waals surface area (Å²) in [5, 5.41) is 3.25. The molecular weight excluding hydrogens is 188 g/mol. The highest BCUT2D eigenvalue weighted by Gasteiger charge is 2.03. The Kier molecular flexibility index (Phi) is 2.78. The normalized spacial score (nSPS) is 13.0. The summed E-state index contributed by atoms with van der Waals surface area (Å²) < 4.78 is 0. The Labute approximate surface area is 89.3 Å². The van der Waals surface area contributed by atoms with Crippen molar-refractivity contribution >= 4 is 22.5 Å². The molecule has 0 bridgehead atoms. The zero-order chi connectivity index (χ0) is 9.97. The van der Waals surface area contributed by atoms with Crippen molar-refractivity contribution in [3.8, 4) is 0 Å². The number of benzene rings is 2. The molecule has 2 rings (SSSR count). The van der Waals surface area contributed by atoms with Crippen LogP contribution in [0.3, 0.4) is 0 Å². The molecule has 2 aromatic carbocycles. The van der Waals surface area contributed by atoms with Gasteiger partial charge in [-0.25, -0.2) is 0 Å². The molecule has 0 spiro atoms. The molecule has 1 heteroatoms. The van der Waals surface area contributed by atoms with E-state index in [4.69, 9.17) is 0 Å². The summed E-state index contributed by atoms with van der Waals surface area (Å²) in [5.41, 5.74) is 1.41. The molecule has 0 saturated carbocycles. The van der Waals surface area contributed by atoms with E-state index in [1.54, 1.807) is 0 Å². The topological polar surface area (TPSA) is 0 Å². The van der Waals surface area contributed by atoms with Crippen LogP contribution in [0.5, 0.6) is 0 Å². The molecule has 0 aliphatic heterocycles. The van der Waals surface area contributed by atoms with Crippen molar-refractivity contribution in [2.45, 2.75) is 12.2 Å². The van der Waals surface area contributed by atoms with Crippen LogP contribution in [-0.2, 0) is 0 Å². The van der Waals surface area contributed by atoms with E-state index in [-0.39, 0.29) is 0 Å². The molecule has 0 amide bonds. The average Bonchev–Trinajstić information content (AvgIpc) is 2.27. The largest absolute Gasteiger partial charge is 0.158 e. The van der Waals surface area contributed by atoms with E-state index in [1.807, 2.05) is 11.8 Å². The van der Waals surface area contributed by atoms with Crippen LogP contribution < -0.4 is 0 Å². The summed E-state index contributed by atoms with van der Waals surface area (Å²) in [6.45, 7) is 2.24. The van der Waals surface area contributed by atoms with Gasteiger partial charge < -0.3 is 0 Å². The van der Waals surface area contributed by atoms with Crippen LogP contribution in [-0.4, -0.2) is 6.26 Å². The zero-order valence-corrected chi connectivity index (χ0v) is 9.34. The van der Waals surface area contributed by atoms with E-state index in [9.17, 15) is 0 Å². The van der Waals surface area contributed by atoms with E-state index >= 15 is 0 Å². The summed E-state index contributed by atoms with van der Waals surface area (Å²) in [6, 6.07) is 15.2. The maximum Gasteiger partial charge on any atom is 0.0266 e. The van der Waals surface area contributed by atoms with Gasteiger partial charge in [0.05, 0.1) is 0 Å². The summed E-state index contributed by atoms with van der Waals surface area (Å²) in [6.07, 6.45) is 2.15. The monoisotopic (exact) mass is 202 g/mol. The van der Waals surface area contributed by atoms with Crippen LogP contribution in [0.4, 0.5) is 0 Å². The van der Waals surface area contributed by atoms with Crippen LogP contribution >= 0.6 is 11.8 Å². The highest BCUT2D eigenvalue weighted by molar-refractivity contribution is 7.98. The molecule has 1 unspecified atom stereocenters. The van der Waals surface area contributed by atoms with Crippen LogP contribution in [0.1, 0.15) is 17.7 Å². The minimum atomic E-state index is 0.583. The van der Waals surface area contributed by atoms with E-state index in [0.717, 1.165) is 0 Å². The zero-order valence-electron chi connectivity index (χ0n) is 8.53. The molecule has 0 aliphatic carbocycles. The van der Waals surface area contributed by atoms with Crippen LogP contribution in [0.2, 0.25) is 0 Å². The Hall–Kier alpha value is -0.950. The Bertz CT molecular complexity index is 434. The molecule has 2 aromatic rings. The molecule has 0 fully saturated rings. The number of rotatable bonds is 2. The molecule has 14 heavy (non-hydrogen) atoms. The predicted molar refractivity (Wildman–Crippen MR) is 65.9 cm³/mol. The number of fused-ring (bicyclic) bond motifs is 1. The van der Waals surface area contributed by atoms with Crippen molar-refractivity contribution in [1.29, 1.82) is 0 Å². The third-order valence-electron chi connectivity index (χ3n) is 2.60. The first-order valence-corrected chi connectivity index (χ1v) is 6.11. The van der Waals surface area contributed by atoms with Gasteiger partial charge in [0, 0.05) is 5.25 Å². The molecule has 1 atom stereocenters. The molecule has 72 valence electrons. The molecule has 0 N–H and O–H groups in total. The fraction of sp³-hybridized carbons (Fsp3) is 0.231. The van der Waals surface area contributed by atoms with Crippen LogP contribution in [0.15, 0.2) is 42.5 Å². The maximum absolute atomic E-state index is 2.29. The van der Waals surface area contributed by atoms with E-state index in [0.29, 0.717) is 5.25 Å². The van der Waals surface area contributed by atoms with Gasteiger partial charge in [-0.15, -0.1) is 0 Å². The van der Waals surface area contributed by atoms with Crippen molar-refractivity contribution in [3.05, 3.63) is 48.0 Å². The van der Waals surface area contributed by atoms with E-state index in [2.05, 4.69) is 55.6 Å². The standard InChI is InChI=1S/C13H14S/c1-10(14-2)12-8-7-11-5-3-4-6-13(11)9-12/h3-10H,1-2H3. The number of hydrogen-bond donors (Lipinski definition) is 0. The summed E-state index contributed by atoms with van der Waals surface area (Å²) in [4.78, 5) is 0. The van der Waals surface area contributed by atoms with Crippen molar-refractivity contribution < 1.29 is 0 Å². The molecule has 0 nitrogen and oxygen atoms in total. The smallest absolute Gasteiger partial charge is 0.0266 e.